The van der Waals surface area contributed by atoms with Crippen molar-refractivity contribution in [3.8, 4) is 0 Å². The summed E-state index contributed by atoms with van der Waals surface area (Å²) < 4.78 is 0. The van der Waals surface area contributed by atoms with Crippen molar-refractivity contribution in [1.29, 1.82) is 0 Å². The minimum absolute atomic E-state index is 0.118. The number of nitrogens with two attached hydrogens (primary N) is 1. The third-order valence-electron chi connectivity index (χ3n) is 2.05. The number of rotatable bonds is 3. The van der Waals surface area contributed by atoms with Crippen molar-refractivity contribution in [2.24, 2.45) is 11.7 Å². The quantitative estimate of drug-likeness (QED) is 0.709. The van der Waals surface area contributed by atoms with Crippen LogP contribution in [0.2, 0.25) is 0 Å². The lowest BCUT2D eigenvalue weighted by atomic mass is 9.98. The molecule has 3 N–H and O–H groups in total. The zero-order chi connectivity index (χ0) is 8.97. The molecule has 0 aromatic heterocycles. The Hall–Kier alpha value is -0.860. The lowest BCUT2D eigenvalue weighted by molar-refractivity contribution is 0.122. The summed E-state index contributed by atoms with van der Waals surface area (Å²) in [4.78, 5) is 0. The van der Waals surface area contributed by atoms with E-state index in [1.165, 1.54) is 0 Å². The first-order valence-electron chi connectivity index (χ1n) is 4.18. The van der Waals surface area contributed by atoms with E-state index < -0.39 is 6.10 Å². The fraction of sp³-hybridized carbons (Fsp3) is 0.400. The Labute approximate surface area is 73.0 Å². The van der Waals surface area contributed by atoms with Crippen molar-refractivity contribution in [3.05, 3.63) is 35.9 Å². The van der Waals surface area contributed by atoms with Crippen molar-refractivity contribution in [1.82, 2.24) is 0 Å². The summed E-state index contributed by atoms with van der Waals surface area (Å²) in [7, 11) is 0. The van der Waals surface area contributed by atoms with Crippen molar-refractivity contribution in [3.63, 3.8) is 0 Å². The van der Waals surface area contributed by atoms with Crippen LogP contribution in [0.15, 0.2) is 30.3 Å². The molecule has 0 saturated carbocycles. The third-order valence-corrected chi connectivity index (χ3v) is 2.05. The number of aliphatic hydroxyl groups excluding tert-OH is 1. The summed E-state index contributed by atoms with van der Waals surface area (Å²) in [6.45, 7) is 2.45. The van der Waals surface area contributed by atoms with Crippen LogP contribution in [0, 0.1) is 5.92 Å². The molecule has 0 fully saturated rings. The first-order chi connectivity index (χ1) is 5.75. The van der Waals surface area contributed by atoms with Gasteiger partial charge in [-0.25, -0.2) is 0 Å². The minimum Gasteiger partial charge on any atom is -0.388 e. The minimum atomic E-state index is -0.434. The molecule has 0 saturated heterocycles. The van der Waals surface area contributed by atoms with Gasteiger partial charge in [0.15, 0.2) is 0 Å². The molecule has 2 atom stereocenters. The topological polar surface area (TPSA) is 46.2 Å². The van der Waals surface area contributed by atoms with E-state index in [1.54, 1.807) is 0 Å². The summed E-state index contributed by atoms with van der Waals surface area (Å²) in [5.41, 5.74) is 6.39. The maximum Gasteiger partial charge on any atom is 0.0827 e. The Morgan fingerprint density at radius 1 is 1.33 bits per heavy atom. The Balaban J connectivity index is 2.71. The largest absolute Gasteiger partial charge is 0.388 e. The summed E-state index contributed by atoms with van der Waals surface area (Å²) >= 11 is 0. The van der Waals surface area contributed by atoms with Gasteiger partial charge in [0.25, 0.3) is 0 Å². The molecular weight excluding hydrogens is 150 g/mol. The molecule has 1 rings (SSSR count). The molecule has 1 aromatic rings. The number of benzene rings is 1. The molecule has 0 aliphatic heterocycles. The maximum atomic E-state index is 9.71. The Morgan fingerprint density at radius 2 is 1.92 bits per heavy atom. The predicted molar refractivity (Wildman–Crippen MR) is 49.6 cm³/mol. The second kappa shape index (κ2) is 4.24. The molecule has 0 bridgehead atoms. The lowest BCUT2D eigenvalue weighted by Gasteiger charge is -2.16. The van der Waals surface area contributed by atoms with E-state index in [0.29, 0.717) is 6.54 Å². The van der Waals surface area contributed by atoms with Crippen LogP contribution in [0.5, 0.6) is 0 Å². The standard InChI is InChI=1S/C10H15NO/c1-8(7-11)10(12)9-5-3-2-4-6-9/h2-6,8,10,12H,7,11H2,1H3. The average Bonchev–Trinajstić information content (AvgIpc) is 2.17. The molecule has 12 heavy (non-hydrogen) atoms. The van der Waals surface area contributed by atoms with Gasteiger partial charge >= 0.3 is 0 Å². The zero-order valence-corrected chi connectivity index (χ0v) is 7.27. The van der Waals surface area contributed by atoms with E-state index in [-0.39, 0.29) is 5.92 Å². The van der Waals surface area contributed by atoms with Gasteiger partial charge in [-0.05, 0) is 18.0 Å². The summed E-state index contributed by atoms with van der Waals surface area (Å²) in [6.07, 6.45) is -0.434. The van der Waals surface area contributed by atoms with E-state index in [9.17, 15) is 5.11 Å². The molecule has 1 aromatic carbocycles. The van der Waals surface area contributed by atoms with E-state index >= 15 is 0 Å². The molecule has 2 heteroatoms. The third kappa shape index (κ3) is 2.06. The molecule has 2 unspecified atom stereocenters. The van der Waals surface area contributed by atoms with Crippen LogP contribution in [-0.2, 0) is 0 Å². The number of hydrogen-bond donors (Lipinski definition) is 2. The molecule has 2 nitrogen and oxygen atoms in total. The van der Waals surface area contributed by atoms with E-state index in [1.807, 2.05) is 37.3 Å². The highest BCUT2D eigenvalue weighted by Crippen LogP contribution is 2.19. The molecule has 0 spiro atoms. The smallest absolute Gasteiger partial charge is 0.0827 e. The number of hydrogen-bond acceptors (Lipinski definition) is 2. The van der Waals surface area contributed by atoms with Crippen LogP contribution in [0.4, 0.5) is 0 Å². The van der Waals surface area contributed by atoms with E-state index in [0.717, 1.165) is 5.56 Å². The highest BCUT2D eigenvalue weighted by Gasteiger charge is 2.13. The summed E-state index contributed by atoms with van der Waals surface area (Å²) in [6, 6.07) is 9.60. The molecular formula is C10H15NO. The molecule has 0 heterocycles. The van der Waals surface area contributed by atoms with Gasteiger partial charge in [0.05, 0.1) is 6.10 Å². The first-order valence-corrected chi connectivity index (χ1v) is 4.18. The highest BCUT2D eigenvalue weighted by atomic mass is 16.3. The zero-order valence-electron chi connectivity index (χ0n) is 7.27. The van der Waals surface area contributed by atoms with Crippen molar-refractivity contribution < 1.29 is 5.11 Å². The van der Waals surface area contributed by atoms with E-state index in [2.05, 4.69) is 0 Å². The SMILES string of the molecule is CC(CN)C(O)c1ccccc1. The second-order valence-electron chi connectivity index (χ2n) is 3.07. The molecule has 66 valence electrons. The van der Waals surface area contributed by atoms with E-state index in [4.69, 9.17) is 5.73 Å². The van der Waals surface area contributed by atoms with Crippen LogP contribution in [0.1, 0.15) is 18.6 Å². The van der Waals surface area contributed by atoms with Gasteiger partial charge in [-0.2, -0.15) is 0 Å². The van der Waals surface area contributed by atoms with Crippen molar-refractivity contribution in [2.75, 3.05) is 6.54 Å². The number of aliphatic hydroxyl groups is 1. The summed E-state index contributed by atoms with van der Waals surface area (Å²) in [5.74, 6) is 0.118. The molecule has 0 radical (unpaired) electrons. The normalized spacial score (nSPS) is 15.6. The molecule has 0 aliphatic carbocycles. The fourth-order valence-corrected chi connectivity index (χ4v) is 1.11. The maximum absolute atomic E-state index is 9.71. The van der Waals surface area contributed by atoms with Crippen molar-refractivity contribution in [2.45, 2.75) is 13.0 Å². The van der Waals surface area contributed by atoms with Crippen LogP contribution in [0.3, 0.4) is 0 Å². The van der Waals surface area contributed by atoms with Gasteiger partial charge in [0.1, 0.15) is 0 Å². The Kier molecular flexibility index (Phi) is 3.26. The molecule has 0 amide bonds. The van der Waals surface area contributed by atoms with Crippen LogP contribution in [-0.4, -0.2) is 11.7 Å². The van der Waals surface area contributed by atoms with Gasteiger partial charge in [-0.1, -0.05) is 37.3 Å². The Morgan fingerprint density at radius 3 is 2.42 bits per heavy atom. The Bertz CT molecular complexity index is 223. The second-order valence-corrected chi connectivity index (χ2v) is 3.07. The fourth-order valence-electron chi connectivity index (χ4n) is 1.11. The van der Waals surface area contributed by atoms with Crippen LogP contribution in [0.25, 0.3) is 0 Å². The monoisotopic (exact) mass is 165 g/mol. The van der Waals surface area contributed by atoms with Gasteiger partial charge in [-0.3, -0.25) is 0 Å². The van der Waals surface area contributed by atoms with Gasteiger partial charge in [0.2, 0.25) is 0 Å². The summed E-state index contributed by atoms with van der Waals surface area (Å²) in [5, 5.41) is 9.71. The predicted octanol–water partition coefficient (Wildman–Crippen LogP) is 1.31. The van der Waals surface area contributed by atoms with Gasteiger partial charge in [0, 0.05) is 0 Å². The van der Waals surface area contributed by atoms with Crippen molar-refractivity contribution >= 4 is 0 Å². The van der Waals surface area contributed by atoms with Gasteiger partial charge in [-0.15, -0.1) is 0 Å². The lowest BCUT2D eigenvalue weighted by Crippen LogP contribution is -2.18. The highest BCUT2D eigenvalue weighted by molar-refractivity contribution is 5.17. The van der Waals surface area contributed by atoms with Crippen LogP contribution >= 0.6 is 0 Å². The average molecular weight is 165 g/mol. The molecule has 0 aliphatic rings. The van der Waals surface area contributed by atoms with Crippen LogP contribution < -0.4 is 5.73 Å². The first kappa shape index (κ1) is 9.23. The van der Waals surface area contributed by atoms with Gasteiger partial charge < -0.3 is 10.8 Å².